The predicted molar refractivity (Wildman–Crippen MR) is 69.0 cm³/mol. The molecule has 8 heteroatoms. The van der Waals surface area contributed by atoms with Crippen LogP contribution in [0.2, 0.25) is 0 Å². The molecule has 110 valence electrons. The van der Waals surface area contributed by atoms with Crippen LogP contribution in [0.15, 0.2) is 0 Å². The third kappa shape index (κ3) is 4.79. The zero-order valence-electron chi connectivity index (χ0n) is 11.3. The summed E-state index contributed by atoms with van der Waals surface area (Å²) in [5.41, 5.74) is -1.26. The van der Waals surface area contributed by atoms with Crippen LogP contribution < -0.4 is 10.0 Å². The molecule has 0 spiro atoms. The molecule has 0 aromatic carbocycles. The minimum absolute atomic E-state index is 0.214. The van der Waals surface area contributed by atoms with Crippen molar-refractivity contribution in [3.05, 3.63) is 0 Å². The van der Waals surface area contributed by atoms with Gasteiger partial charge in [-0.2, -0.15) is 0 Å². The number of hydrogen-bond donors (Lipinski definition) is 3. The molecule has 1 aliphatic rings. The highest BCUT2D eigenvalue weighted by molar-refractivity contribution is 7.88. The molecule has 0 saturated heterocycles. The molecule has 19 heavy (non-hydrogen) atoms. The molecule has 0 heterocycles. The Bertz CT molecular complexity index is 471. The molecule has 1 aliphatic carbocycles. The number of carboxylic acids is 1. The molecular weight excluding hydrogens is 272 g/mol. The predicted octanol–water partition coefficient (Wildman–Crippen LogP) is -0.316. The van der Waals surface area contributed by atoms with E-state index in [4.69, 9.17) is 5.11 Å². The molecular formula is C11H20N2O5S. The summed E-state index contributed by atoms with van der Waals surface area (Å²) in [6.45, 7) is 2.93. The summed E-state index contributed by atoms with van der Waals surface area (Å²) in [6, 6.07) is -0.214. The normalized spacial score (nSPS) is 24.2. The van der Waals surface area contributed by atoms with Gasteiger partial charge in [-0.15, -0.1) is 0 Å². The van der Waals surface area contributed by atoms with Crippen LogP contribution in [-0.4, -0.2) is 43.2 Å². The van der Waals surface area contributed by atoms with Crippen molar-refractivity contribution in [2.75, 3.05) is 6.26 Å². The van der Waals surface area contributed by atoms with Crippen molar-refractivity contribution < 1.29 is 23.1 Å². The number of nitrogens with one attached hydrogen (secondary N) is 2. The Hall–Kier alpha value is -1.15. The van der Waals surface area contributed by atoms with E-state index < -0.39 is 33.4 Å². The van der Waals surface area contributed by atoms with Gasteiger partial charge in [0, 0.05) is 6.04 Å². The van der Waals surface area contributed by atoms with Crippen LogP contribution in [-0.2, 0) is 19.6 Å². The van der Waals surface area contributed by atoms with Crippen molar-refractivity contribution in [1.29, 1.82) is 0 Å². The van der Waals surface area contributed by atoms with Gasteiger partial charge in [0.1, 0.15) is 5.54 Å². The van der Waals surface area contributed by atoms with Crippen LogP contribution in [0.25, 0.3) is 0 Å². The van der Waals surface area contributed by atoms with Crippen LogP contribution in [0.3, 0.4) is 0 Å². The number of rotatable bonds is 5. The fourth-order valence-electron chi connectivity index (χ4n) is 2.21. The van der Waals surface area contributed by atoms with E-state index in [1.165, 1.54) is 13.8 Å². The highest BCUT2D eigenvalue weighted by atomic mass is 32.2. The van der Waals surface area contributed by atoms with E-state index in [1.807, 2.05) is 0 Å². The number of aliphatic carboxylic acids is 1. The van der Waals surface area contributed by atoms with E-state index >= 15 is 0 Å². The minimum atomic E-state index is -3.49. The SMILES string of the molecule is CC(C)(NS(C)(=O)=O)C(=O)N[C@@H]1CC[C@H](C(=O)O)C1. The van der Waals surface area contributed by atoms with Gasteiger partial charge < -0.3 is 10.4 Å². The second kappa shape index (κ2) is 5.46. The molecule has 0 aromatic heterocycles. The lowest BCUT2D eigenvalue weighted by atomic mass is 10.0. The van der Waals surface area contributed by atoms with Crippen LogP contribution in [0.1, 0.15) is 33.1 Å². The maximum atomic E-state index is 12.0. The Morgan fingerprint density at radius 1 is 1.26 bits per heavy atom. The molecule has 0 unspecified atom stereocenters. The lowest BCUT2D eigenvalue weighted by Gasteiger charge is -2.26. The van der Waals surface area contributed by atoms with E-state index in [9.17, 15) is 18.0 Å². The van der Waals surface area contributed by atoms with Crippen molar-refractivity contribution in [3.8, 4) is 0 Å². The summed E-state index contributed by atoms with van der Waals surface area (Å²) in [5, 5.41) is 11.6. The summed E-state index contributed by atoms with van der Waals surface area (Å²) in [6.07, 6.45) is 2.49. The lowest BCUT2D eigenvalue weighted by Crippen LogP contribution is -2.56. The Morgan fingerprint density at radius 3 is 2.26 bits per heavy atom. The van der Waals surface area contributed by atoms with Gasteiger partial charge in [-0.3, -0.25) is 9.59 Å². The standard InChI is InChI=1S/C11H20N2O5S/c1-11(2,13-19(3,17)18)10(16)12-8-5-4-7(6-8)9(14)15/h7-8,13H,4-6H2,1-3H3,(H,12,16)(H,14,15)/t7-,8+/m0/s1. The molecule has 1 amide bonds. The number of carboxylic acid groups (broad SMARTS) is 1. The van der Waals surface area contributed by atoms with Gasteiger partial charge in [-0.25, -0.2) is 13.1 Å². The second-order valence-corrected chi connectivity index (χ2v) is 7.27. The fraction of sp³-hybridized carbons (Fsp3) is 0.818. The molecule has 7 nitrogen and oxygen atoms in total. The Balaban J connectivity index is 2.58. The summed E-state index contributed by atoms with van der Waals surface area (Å²) >= 11 is 0. The molecule has 0 aliphatic heterocycles. The highest BCUT2D eigenvalue weighted by Gasteiger charge is 2.35. The number of carbonyl (C=O) groups is 2. The van der Waals surface area contributed by atoms with E-state index in [1.54, 1.807) is 0 Å². The van der Waals surface area contributed by atoms with Gasteiger partial charge in [0.15, 0.2) is 0 Å². The Morgan fingerprint density at radius 2 is 1.84 bits per heavy atom. The first kappa shape index (κ1) is 15.9. The third-order valence-corrected chi connectivity index (χ3v) is 4.01. The molecule has 2 atom stereocenters. The van der Waals surface area contributed by atoms with Crippen molar-refractivity contribution in [1.82, 2.24) is 10.0 Å². The van der Waals surface area contributed by atoms with E-state index in [0.717, 1.165) is 6.26 Å². The molecule has 0 aromatic rings. The maximum absolute atomic E-state index is 12.0. The minimum Gasteiger partial charge on any atom is -0.481 e. The second-order valence-electron chi connectivity index (χ2n) is 5.52. The van der Waals surface area contributed by atoms with Crippen molar-refractivity contribution in [2.45, 2.75) is 44.7 Å². The molecule has 0 bridgehead atoms. The number of carbonyl (C=O) groups excluding carboxylic acids is 1. The largest absolute Gasteiger partial charge is 0.481 e. The van der Waals surface area contributed by atoms with Crippen LogP contribution >= 0.6 is 0 Å². The van der Waals surface area contributed by atoms with Crippen molar-refractivity contribution in [2.24, 2.45) is 5.92 Å². The molecule has 0 radical (unpaired) electrons. The first-order valence-corrected chi connectivity index (χ1v) is 7.93. The highest BCUT2D eigenvalue weighted by Crippen LogP contribution is 2.26. The zero-order valence-corrected chi connectivity index (χ0v) is 12.1. The Labute approximate surface area is 112 Å². The molecule has 3 N–H and O–H groups in total. The first-order valence-electron chi connectivity index (χ1n) is 6.04. The summed E-state index contributed by atoms with van der Waals surface area (Å²) in [7, 11) is -3.49. The van der Waals surface area contributed by atoms with Crippen molar-refractivity contribution in [3.63, 3.8) is 0 Å². The van der Waals surface area contributed by atoms with E-state index in [-0.39, 0.29) is 6.04 Å². The maximum Gasteiger partial charge on any atom is 0.306 e. The average Bonchev–Trinajstić information content (AvgIpc) is 2.62. The number of amides is 1. The molecule has 1 fully saturated rings. The van der Waals surface area contributed by atoms with E-state index in [2.05, 4.69) is 10.0 Å². The van der Waals surface area contributed by atoms with Gasteiger partial charge in [0.2, 0.25) is 15.9 Å². The Kier molecular flexibility index (Phi) is 4.57. The van der Waals surface area contributed by atoms with Gasteiger partial charge in [0.25, 0.3) is 0 Å². The van der Waals surface area contributed by atoms with E-state index in [0.29, 0.717) is 19.3 Å². The smallest absolute Gasteiger partial charge is 0.306 e. The van der Waals surface area contributed by atoms with Crippen LogP contribution in [0.4, 0.5) is 0 Å². The van der Waals surface area contributed by atoms with Gasteiger partial charge in [-0.05, 0) is 33.1 Å². The third-order valence-electron chi connectivity index (χ3n) is 3.13. The van der Waals surface area contributed by atoms with Gasteiger partial charge >= 0.3 is 5.97 Å². The van der Waals surface area contributed by atoms with Crippen LogP contribution in [0, 0.1) is 5.92 Å². The van der Waals surface area contributed by atoms with Gasteiger partial charge in [-0.1, -0.05) is 0 Å². The zero-order chi connectivity index (χ0) is 14.8. The fourth-order valence-corrected chi connectivity index (χ4v) is 3.23. The summed E-state index contributed by atoms with van der Waals surface area (Å²) in [5.74, 6) is -1.74. The average molecular weight is 292 g/mol. The number of sulfonamides is 1. The first-order chi connectivity index (χ1) is 8.51. The summed E-state index contributed by atoms with van der Waals surface area (Å²) < 4.78 is 24.6. The summed E-state index contributed by atoms with van der Waals surface area (Å²) in [4.78, 5) is 22.8. The molecule has 1 rings (SSSR count). The molecule has 1 saturated carbocycles. The topological polar surface area (TPSA) is 113 Å². The lowest BCUT2D eigenvalue weighted by molar-refractivity contribution is -0.141. The quantitative estimate of drug-likeness (QED) is 0.643. The monoisotopic (exact) mass is 292 g/mol. The van der Waals surface area contributed by atoms with Crippen molar-refractivity contribution >= 4 is 21.9 Å². The van der Waals surface area contributed by atoms with Crippen LogP contribution in [0.5, 0.6) is 0 Å². The number of hydrogen-bond acceptors (Lipinski definition) is 4. The van der Waals surface area contributed by atoms with Gasteiger partial charge in [0.05, 0.1) is 12.2 Å².